The number of nitrogens with zero attached hydrogens (tertiary/aromatic N) is 6. The molecule has 2 rings (SSSR count). The monoisotopic (exact) mass is 428 g/mol. The molecule has 0 aliphatic heterocycles. The van der Waals surface area contributed by atoms with Crippen molar-refractivity contribution in [2.24, 2.45) is 10.2 Å². The molecule has 0 aliphatic rings. The minimum absolute atomic E-state index is 0.0723. The maximum absolute atomic E-state index is 12.8. The van der Waals surface area contributed by atoms with E-state index in [1.54, 1.807) is 0 Å². The molecule has 0 unspecified atom stereocenters. The van der Waals surface area contributed by atoms with Crippen molar-refractivity contribution in [3.05, 3.63) is 59.9 Å². The number of unbranched alkanes of at least 4 members (excludes halogenated alkanes) is 3. The summed E-state index contributed by atoms with van der Waals surface area (Å²) in [6.07, 6.45) is 3.35. The first kappa shape index (κ1) is 23.1. The Morgan fingerprint density at radius 1 is 1.16 bits per heavy atom. The standard InChI is InChI=1S/C19H20N6O6/c1-3-4-5-6-9-23-18(26)14(11-20)12(2)17(19(23)27)22-21-15-8-7-13(24(28)29)10-16(15)25(30)31/h7-8,10,26H,3-6,9H2,1-2H3. The summed E-state index contributed by atoms with van der Waals surface area (Å²) in [5, 5.41) is 49.4. The van der Waals surface area contributed by atoms with Crippen molar-refractivity contribution in [1.82, 2.24) is 4.57 Å². The molecule has 0 radical (unpaired) electrons. The second kappa shape index (κ2) is 10.1. The highest BCUT2D eigenvalue weighted by Gasteiger charge is 2.21. The number of azo groups is 1. The molecule has 0 atom stereocenters. The Balaban J connectivity index is 2.55. The number of pyridine rings is 1. The Labute approximate surface area is 176 Å². The quantitative estimate of drug-likeness (QED) is 0.263. The van der Waals surface area contributed by atoms with Gasteiger partial charge in [0.25, 0.3) is 11.2 Å². The molecular formula is C19H20N6O6. The molecule has 0 fully saturated rings. The van der Waals surface area contributed by atoms with E-state index in [-0.39, 0.29) is 29.0 Å². The minimum Gasteiger partial charge on any atom is -0.493 e. The summed E-state index contributed by atoms with van der Waals surface area (Å²) < 4.78 is 1.03. The van der Waals surface area contributed by atoms with Crippen molar-refractivity contribution >= 4 is 22.7 Å². The third-order valence-electron chi connectivity index (χ3n) is 4.63. The third kappa shape index (κ3) is 5.08. The lowest BCUT2D eigenvalue weighted by Gasteiger charge is -2.12. The van der Waals surface area contributed by atoms with Crippen LogP contribution in [0.1, 0.15) is 43.7 Å². The van der Waals surface area contributed by atoms with E-state index in [0.29, 0.717) is 6.42 Å². The van der Waals surface area contributed by atoms with Crippen LogP contribution in [0.4, 0.5) is 22.7 Å². The Kier molecular flexibility index (Phi) is 7.51. The number of hydrogen-bond donors (Lipinski definition) is 1. The van der Waals surface area contributed by atoms with Crippen LogP contribution in [0, 0.1) is 38.5 Å². The number of nitro benzene ring substituents is 2. The Hall–Kier alpha value is -4.14. The van der Waals surface area contributed by atoms with Gasteiger partial charge in [0, 0.05) is 18.2 Å². The van der Waals surface area contributed by atoms with Gasteiger partial charge in [-0.3, -0.25) is 29.6 Å². The fraction of sp³-hybridized carbons (Fsp3) is 0.368. The van der Waals surface area contributed by atoms with E-state index in [9.17, 15) is 35.4 Å². The van der Waals surface area contributed by atoms with Gasteiger partial charge in [0.05, 0.1) is 15.9 Å². The summed E-state index contributed by atoms with van der Waals surface area (Å²) in [6, 6.07) is 4.64. The summed E-state index contributed by atoms with van der Waals surface area (Å²) in [5.74, 6) is -0.471. The predicted octanol–water partition coefficient (Wildman–Crippen LogP) is 4.55. The first-order chi connectivity index (χ1) is 14.7. The first-order valence-corrected chi connectivity index (χ1v) is 9.43. The van der Waals surface area contributed by atoms with Gasteiger partial charge in [-0.25, -0.2) is 0 Å². The third-order valence-corrected chi connectivity index (χ3v) is 4.63. The average molecular weight is 428 g/mol. The second-order valence-corrected chi connectivity index (χ2v) is 6.69. The fourth-order valence-electron chi connectivity index (χ4n) is 2.92. The number of nitriles is 1. The topological polar surface area (TPSA) is 177 Å². The van der Waals surface area contributed by atoms with Crippen LogP contribution in [0.3, 0.4) is 0 Å². The van der Waals surface area contributed by atoms with Gasteiger partial charge in [-0.15, -0.1) is 10.2 Å². The van der Waals surface area contributed by atoms with Crippen molar-refractivity contribution in [2.45, 2.75) is 46.1 Å². The maximum Gasteiger partial charge on any atom is 0.303 e. The number of non-ortho nitro benzene ring substituents is 1. The lowest BCUT2D eigenvalue weighted by Crippen LogP contribution is -2.22. The Morgan fingerprint density at radius 3 is 2.45 bits per heavy atom. The van der Waals surface area contributed by atoms with Crippen LogP contribution in [0.15, 0.2) is 33.2 Å². The summed E-state index contributed by atoms with van der Waals surface area (Å²) in [6.45, 7) is 3.60. The molecule has 0 aliphatic carbocycles. The highest BCUT2D eigenvalue weighted by Crippen LogP contribution is 2.33. The van der Waals surface area contributed by atoms with E-state index < -0.39 is 32.7 Å². The molecule has 1 aromatic heterocycles. The van der Waals surface area contributed by atoms with E-state index in [1.807, 2.05) is 13.0 Å². The van der Waals surface area contributed by atoms with Crippen molar-refractivity contribution in [1.29, 1.82) is 5.26 Å². The van der Waals surface area contributed by atoms with Crippen LogP contribution >= 0.6 is 0 Å². The minimum atomic E-state index is -0.849. The zero-order chi connectivity index (χ0) is 23.1. The molecule has 0 saturated heterocycles. The van der Waals surface area contributed by atoms with E-state index in [4.69, 9.17) is 0 Å². The second-order valence-electron chi connectivity index (χ2n) is 6.69. The number of benzene rings is 1. The molecule has 0 spiro atoms. The number of nitro groups is 2. The molecule has 0 saturated carbocycles. The number of hydrogen-bond acceptors (Lipinski definition) is 9. The van der Waals surface area contributed by atoms with Crippen LogP contribution in [0.2, 0.25) is 0 Å². The summed E-state index contributed by atoms with van der Waals surface area (Å²) in [7, 11) is 0. The van der Waals surface area contributed by atoms with Crippen LogP contribution in [-0.4, -0.2) is 19.5 Å². The van der Waals surface area contributed by atoms with Crippen LogP contribution in [-0.2, 0) is 6.54 Å². The van der Waals surface area contributed by atoms with Crippen molar-refractivity contribution < 1.29 is 15.0 Å². The van der Waals surface area contributed by atoms with Gasteiger partial charge < -0.3 is 5.11 Å². The number of aromatic hydroxyl groups is 1. The van der Waals surface area contributed by atoms with Gasteiger partial charge in [0.15, 0.2) is 11.4 Å². The first-order valence-electron chi connectivity index (χ1n) is 9.43. The fourth-order valence-corrected chi connectivity index (χ4v) is 2.92. The van der Waals surface area contributed by atoms with Crippen molar-refractivity contribution in [3.63, 3.8) is 0 Å². The van der Waals surface area contributed by atoms with Crippen LogP contribution in [0.5, 0.6) is 5.88 Å². The smallest absolute Gasteiger partial charge is 0.303 e. The van der Waals surface area contributed by atoms with Gasteiger partial charge in [0.2, 0.25) is 5.88 Å². The highest BCUT2D eigenvalue weighted by molar-refractivity contribution is 5.62. The molecule has 0 bridgehead atoms. The molecule has 0 amide bonds. The number of rotatable bonds is 9. The van der Waals surface area contributed by atoms with Gasteiger partial charge in [-0.2, -0.15) is 5.26 Å². The van der Waals surface area contributed by atoms with Crippen LogP contribution < -0.4 is 5.56 Å². The molecule has 2 aromatic rings. The zero-order valence-corrected chi connectivity index (χ0v) is 16.9. The summed E-state index contributed by atoms with van der Waals surface area (Å²) >= 11 is 0. The van der Waals surface area contributed by atoms with Gasteiger partial charge in [0.1, 0.15) is 11.6 Å². The lowest BCUT2D eigenvalue weighted by atomic mass is 10.1. The molecule has 162 valence electrons. The Bertz CT molecular complexity index is 1150. The SMILES string of the molecule is CCCCCCn1c(O)c(C#N)c(C)c(N=Nc2ccc([N+](=O)[O-])cc2[N+](=O)[O-])c1=O. The molecular weight excluding hydrogens is 408 g/mol. The molecule has 12 heteroatoms. The van der Waals surface area contributed by atoms with Crippen LogP contribution in [0.25, 0.3) is 0 Å². The van der Waals surface area contributed by atoms with E-state index in [0.717, 1.165) is 42.0 Å². The summed E-state index contributed by atoms with van der Waals surface area (Å²) in [4.78, 5) is 33.3. The normalized spacial score (nSPS) is 10.9. The lowest BCUT2D eigenvalue weighted by molar-refractivity contribution is -0.393. The van der Waals surface area contributed by atoms with E-state index in [2.05, 4.69) is 10.2 Å². The van der Waals surface area contributed by atoms with E-state index >= 15 is 0 Å². The molecule has 12 nitrogen and oxygen atoms in total. The highest BCUT2D eigenvalue weighted by atomic mass is 16.6. The van der Waals surface area contributed by atoms with Gasteiger partial charge in [-0.05, 0) is 19.4 Å². The van der Waals surface area contributed by atoms with Gasteiger partial charge >= 0.3 is 5.69 Å². The predicted molar refractivity (Wildman–Crippen MR) is 110 cm³/mol. The molecule has 1 aromatic carbocycles. The molecule has 1 heterocycles. The van der Waals surface area contributed by atoms with Crippen molar-refractivity contribution in [3.8, 4) is 11.9 Å². The largest absolute Gasteiger partial charge is 0.493 e. The zero-order valence-electron chi connectivity index (χ0n) is 16.9. The van der Waals surface area contributed by atoms with E-state index in [1.165, 1.54) is 6.92 Å². The summed E-state index contributed by atoms with van der Waals surface area (Å²) in [5.41, 5.74) is -2.47. The average Bonchev–Trinajstić information content (AvgIpc) is 2.73. The maximum atomic E-state index is 12.8. The Morgan fingerprint density at radius 2 is 1.87 bits per heavy atom. The molecule has 1 N–H and O–H groups in total. The molecule has 31 heavy (non-hydrogen) atoms. The van der Waals surface area contributed by atoms with Crippen molar-refractivity contribution in [2.75, 3.05) is 0 Å². The van der Waals surface area contributed by atoms with Gasteiger partial charge in [-0.1, -0.05) is 26.2 Å². The number of aromatic nitrogens is 1.